The normalized spacial score (nSPS) is 7.00. The predicted octanol–water partition coefficient (Wildman–Crippen LogP) is 4.26. The molecule has 66 valence electrons. The molecule has 0 aliphatic carbocycles. The highest BCUT2D eigenvalue weighted by molar-refractivity contribution is 5.11. The maximum atomic E-state index is 11.6. The minimum absolute atomic E-state index is 0.445. The summed E-state index contributed by atoms with van der Waals surface area (Å²) >= 11 is 0. The molecule has 0 heterocycles. The largest absolute Gasteiger partial charge is 0.208 e. The van der Waals surface area contributed by atoms with E-state index in [9.17, 15) is 4.39 Å². The van der Waals surface area contributed by atoms with E-state index in [1.165, 1.54) is 18.2 Å². The molecule has 0 fully saturated rings. The van der Waals surface area contributed by atoms with Gasteiger partial charge in [-0.1, -0.05) is 53.0 Å². The summed E-state index contributed by atoms with van der Waals surface area (Å²) in [7, 11) is 0. The van der Waals surface area contributed by atoms with Crippen molar-refractivity contribution in [3.8, 4) is 0 Å². The quantitative estimate of drug-likeness (QED) is 0.526. The first-order chi connectivity index (χ1) is 5.27. The minimum Gasteiger partial charge on any atom is -0.208 e. The van der Waals surface area contributed by atoms with Gasteiger partial charge in [0.05, 0.1) is 0 Å². The fourth-order valence-corrected chi connectivity index (χ4v) is 0.172. The van der Waals surface area contributed by atoms with E-state index in [2.05, 4.69) is 13.2 Å². The number of rotatable bonds is 2. The van der Waals surface area contributed by atoms with Crippen LogP contribution in [-0.4, -0.2) is 0 Å². The summed E-state index contributed by atoms with van der Waals surface area (Å²) in [5.74, 6) is -0.445. The molecule has 0 amide bonds. The van der Waals surface area contributed by atoms with Crippen LogP contribution in [0.25, 0.3) is 0 Å². The van der Waals surface area contributed by atoms with Crippen molar-refractivity contribution < 1.29 is 4.39 Å². The molecule has 0 atom stereocenters. The highest BCUT2D eigenvalue weighted by Gasteiger charge is 1.71. The first-order valence-electron chi connectivity index (χ1n) is 3.91. The molecule has 0 radical (unpaired) electrons. The topological polar surface area (TPSA) is 0 Å². The Morgan fingerprint density at radius 1 is 1.18 bits per heavy atom. The Bertz CT molecular complexity index is 101. The summed E-state index contributed by atoms with van der Waals surface area (Å²) in [5, 5.41) is 0. The van der Waals surface area contributed by atoms with Crippen LogP contribution in [0, 0.1) is 0 Å². The van der Waals surface area contributed by atoms with Crippen molar-refractivity contribution in [3.63, 3.8) is 0 Å². The number of hydrogen-bond donors (Lipinski definition) is 0. The van der Waals surface area contributed by atoms with Crippen molar-refractivity contribution in [1.82, 2.24) is 0 Å². The van der Waals surface area contributed by atoms with Gasteiger partial charge in [-0.25, -0.2) is 4.39 Å². The second-order valence-corrected chi connectivity index (χ2v) is 1.04. The Hall–Kier alpha value is -0.850. The third-order valence-electron chi connectivity index (χ3n) is 0.413. The second kappa shape index (κ2) is 22.9. The highest BCUT2D eigenvalue weighted by Crippen LogP contribution is 1.90. The maximum absolute atomic E-state index is 11.6. The highest BCUT2D eigenvalue weighted by atomic mass is 19.1. The summed E-state index contributed by atoms with van der Waals surface area (Å²) in [5.41, 5.74) is 0. The monoisotopic (exact) mass is 158 g/mol. The molecule has 0 bridgehead atoms. The van der Waals surface area contributed by atoms with Crippen LogP contribution in [0.2, 0.25) is 0 Å². The van der Waals surface area contributed by atoms with Crippen LogP contribution in [0.3, 0.4) is 0 Å². The van der Waals surface area contributed by atoms with Crippen molar-refractivity contribution in [2.45, 2.75) is 27.7 Å². The van der Waals surface area contributed by atoms with Gasteiger partial charge in [0.1, 0.15) is 5.83 Å². The fourth-order valence-electron chi connectivity index (χ4n) is 0.172. The zero-order valence-corrected chi connectivity index (χ0v) is 8.02. The van der Waals surface area contributed by atoms with Gasteiger partial charge in [0.25, 0.3) is 0 Å². The molecule has 0 rings (SSSR count). The maximum Gasteiger partial charge on any atom is 0.116 e. The molecule has 0 aliphatic heterocycles. The molecule has 0 N–H and O–H groups in total. The van der Waals surface area contributed by atoms with Gasteiger partial charge < -0.3 is 0 Å². The van der Waals surface area contributed by atoms with Crippen LogP contribution in [0.4, 0.5) is 4.39 Å². The summed E-state index contributed by atoms with van der Waals surface area (Å²) < 4.78 is 11.6. The molecule has 1 heteroatoms. The average Bonchev–Trinajstić information content (AvgIpc) is 2.08. The Kier molecular flexibility index (Phi) is 34.6. The van der Waals surface area contributed by atoms with Crippen molar-refractivity contribution in [2.75, 3.05) is 0 Å². The lowest BCUT2D eigenvalue weighted by atomic mass is 10.5. The summed E-state index contributed by atoms with van der Waals surface area (Å²) in [4.78, 5) is 0. The Balaban J connectivity index is -0.000000138. The number of allylic oxidation sites excluding steroid dienone is 4. The van der Waals surface area contributed by atoms with Crippen molar-refractivity contribution in [2.24, 2.45) is 0 Å². The van der Waals surface area contributed by atoms with Crippen LogP contribution in [-0.2, 0) is 0 Å². The van der Waals surface area contributed by atoms with E-state index in [1.807, 2.05) is 27.7 Å². The van der Waals surface area contributed by atoms with E-state index in [0.29, 0.717) is 0 Å². The van der Waals surface area contributed by atoms with E-state index in [-0.39, 0.29) is 0 Å². The van der Waals surface area contributed by atoms with Crippen LogP contribution >= 0.6 is 0 Å². The SMILES string of the molecule is C=C/C=C\C(=C)F.CC.CC. The fraction of sp³-hybridized carbons (Fsp3) is 0.400. The van der Waals surface area contributed by atoms with Crippen molar-refractivity contribution >= 4 is 0 Å². The van der Waals surface area contributed by atoms with E-state index in [1.54, 1.807) is 0 Å². The average molecular weight is 158 g/mol. The van der Waals surface area contributed by atoms with Crippen LogP contribution in [0.15, 0.2) is 37.2 Å². The lowest BCUT2D eigenvalue weighted by Gasteiger charge is -1.72. The molecule has 0 saturated carbocycles. The van der Waals surface area contributed by atoms with Gasteiger partial charge in [0, 0.05) is 0 Å². The lowest BCUT2D eigenvalue weighted by Crippen LogP contribution is -1.52. The standard InChI is InChI=1S/C6H7F.2C2H6/c1-3-4-5-6(2)7;2*1-2/h3-5H,1-2H2;2*1-2H3/b5-4-;;. The van der Waals surface area contributed by atoms with Gasteiger partial charge in [-0.15, -0.1) is 0 Å². The molecule has 0 nitrogen and oxygen atoms in total. The zero-order valence-electron chi connectivity index (χ0n) is 8.02. The molecule has 0 unspecified atom stereocenters. The van der Waals surface area contributed by atoms with E-state index < -0.39 is 5.83 Å². The van der Waals surface area contributed by atoms with Gasteiger partial charge in [-0.3, -0.25) is 0 Å². The van der Waals surface area contributed by atoms with Gasteiger partial charge in [0.15, 0.2) is 0 Å². The smallest absolute Gasteiger partial charge is 0.116 e. The molecule has 0 saturated heterocycles. The Labute approximate surface area is 70.1 Å². The summed E-state index contributed by atoms with van der Waals surface area (Å²) in [6, 6.07) is 0. The molecule has 0 aromatic heterocycles. The van der Waals surface area contributed by atoms with Crippen LogP contribution in [0.1, 0.15) is 27.7 Å². The molecule has 0 aromatic rings. The number of halogens is 1. The zero-order chi connectivity index (χ0) is 9.70. The molecule has 0 aromatic carbocycles. The van der Waals surface area contributed by atoms with E-state index in [0.717, 1.165) is 0 Å². The molecule has 11 heavy (non-hydrogen) atoms. The summed E-state index contributed by atoms with van der Waals surface area (Å²) in [6.45, 7) is 14.3. The van der Waals surface area contributed by atoms with Gasteiger partial charge in [0.2, 0.25) is 0 Å². The Morgan fingerprint density at radius 2 is 1.55 bits per heavy atom. The Morgan fingerprint density at radius 3 is 1.64 bits per heavy atom. The minimum atomic E-state index is -0.445. The second-order valence-electron chi connectivity index (χ2n) is 1.04. The summed E-state index contributed by atoms with van der Waals surface area (Å²) in [6.07, 6.45) is 4.22. The van der Waals surface area contributed by atoms with E-state index in [4.69, 9.17) is 0 Å². The van der Waals surface area contributed by atoms with Crippen molar-refractivity contribution in [3.05, 3.63) is 37.2 Å². The molecular formula is C10H19F. The van der Waals surface area contributed by atoms with Gasteiger partial charge in [-0.2, -0.15) is 0 Å². The van der Waals surface area contributed by atoms with E-state index >= 15 is 0 Å². The van der Waals surface area contributed by atoms with Crippen LogP contribution in [0.5, 0.6) is 0 Å². The molecule has 0 spiro atoms. The van der Waals surface area contributed by atoms with Crippen LogP contribution < -0.4 is 0 Å². The molecule has 0 aliphatic rings. The third kappa shape index (κ3) is 47.1. The number of hydrogen-bond acceptors (Lipinski definition) is 0. The third-order valence-corrected chi connectivity index (χ3v) is 0.413. The van der Waals surface area contributed by atoms with Crippen molar-refractivity contribution in [1.29, 1.82) is 0 Å². The first kappa shape index (κ1) is 16.6. The lowest BCUT2D eigenvalue weighted by molar-refractivity contribution is 0.671. The predicted molar refractivity (Wildman–Crippen MR) is 52.3 cm³/mol. The van der Waals surface area contributed by atoms with Gasteiger partial charge >= 0.3 is 0 Å². The molecular weight excluding hydrogens is 139 g/mol. The first-order valence-corrected chi connectivity index (χ1v) is 3.91. The van der Waals surface area contributed by atoms with Gasteiger partial charge in [-0.05, 0) is 6.08 Å².